The number of amides is 2. The quantitative estimate of drug-likeness (QED) is 0.562. The van der Waals surface area contributed by atoms with Gasteiger partial charge in [-0.1, -0.05) is 61.8 Å². The van der Waals surface area contributed by atoms with Crippen LogP contribution in [-0.2, 0) is 9.59 Å². The van der Waals surface area contributed by atoms with Crippen molar-refractivity contribution in [3.8, 4) is 16.9 Å². The summed E-state index contributed by atoms with van der Waals surface area (Å²) < 4.78 is 1.79. The summed E-state index contributed by atoms with van der Waals surface area (Å²) >= 11 is 6.18. The van der Waals surface area contributed by atoms with Crippen molar-refractivity contribution in [3.05, 3.63) is 65.8 Å². The van der Waals surface area contributed by atoms with Gasteiger partial charge in [-0.25, -0.2) is 4.98 Å². The number of imidazole rings is 1. The molecule has 0 saturated carbocycles. The highest BCUT2D eigenvalue weighted by Gasteiger charge is 2.23. The molecule has 0 aliphatic rings. The molecule has 7 heteroatoms. The maximum Gasteiger partial charge on any atom is 0.246 e. The Hall–Kier alpha value is -3.12. The predicted molar refractivity (Wildman–Crippen MR) is 124 cm³/mol. The Kier molecular flexibility index (Phi) is 7.13. The van der Waals surface area contributed by atoms with E-state index in [-0.39, 0.29) is 30.3 Å². The van der Waals surface area contributed by atoms with E-state index in [1.807, 2.05) is 76.4 Å². The number of anilines is 1. The maximum atomic E-state index is 12.9. The molecule has 0 unspecified atom stereocenters. The van der Waals surface area contributed by atoms with Gasteiger partial charge in [0.2, 0.25) is 17.8 Å². The van der Waals surface area contributed by atoms with Gasteiger partial charge in [0, 0.05) is 34.4 Å². The van der Waals surface area contributed by atoms with Crippen LogP contribution in [-0.4, -0.2) is 38.9 Å². The van der Waals surface area contributed by atoms with E-state index in [0.29, 0.717) is 11.0 Å². The second kappa shape index (κ2) is 9.79. The van der Waals surface area contributed by atoms with Crippen molar-refractivity contribution in [3.63, 3.8) is 0 Å². The minimum Gasteiger partial charge on any atom is -0.331 e. The number of carbonyl (C=O) groups is 2. The number of carbonyl (C=O) groups excluding carboxylic acids is 2. The molecular weight excluding hydrogens is 412 g/mol. The first-order valence-corrected chi connectivity index (χ1v) is 10.6. The van der Waals surface area contributed by atoms with Crippen LogP contribution in [0.4, 0.5) is 5.95 Å². The molecule has 31 heavy (non-hydrogen) atoms. The smallest absolute Gasteiger partial charge is 0.246 e. The fourth-order valence-electron chi connectivity index (χ4n) is 3.20. The lowest BCUT2D eigenvalue weighted by molar-refractivity contribution is -0.139. The van der Waals surface area contributed by atoms with E-state index in [2.05, 4.69) is 10.3 Å². The monoisotopic (exact) mass is 438 g/mol. The maximum absolute atomic E-state index is 12.9. The van der Waals surface area contributed by atoms with Crippen LogP contribution >= 0.6 is 11.6 Å². The van der Waals surface area contributed by atoms with Crippen LogP contribution in [0.15, 0.2) is 60.8 Å². The van der Waals surface area contributed by atoms with Crippen molar-refractivity contribution in [2.45, 2.75) is 33.7 Å². The number of benzene rings is 2. The van der Waals surface area contributed by atoms with Crippen LogP contribution in [0.25, 0.3) is 16.9 Å². The summed E-state index contributed by atoms with van der Waals surface area (Å²) in [6.45, 7) is 7.40. The molecule has 0 saturated heterocycles. The van der Waals surface area contributed by atoms with Crippen molar-refractivity contribution in [1.29, 1.82) is 0 Å². The normalized spacial score (nSPS) is 11.1. The minimum atomic E-state index is -0.309. The van der Waals surface area contributed by atoms with E-state index in [0.717, 1.165) is 16.9 Å². The van der Waals surface area contributed by atoms with E-state index in [9.17, 15) is 9.59 Å². The van der Waals surface area contributed by atoms with Gasteiger partial charge in [-0.05, 0) is 32.0 Å². The van der Waals surface area contributed by atoms with E-state index in [1.54, 1.807) is 21.6 Å². The molecule has 3 rings (SSSR count). The standard InChI is InChI=1S/C24H27ClN4O2/c1-16(2)23(31)28(17(3)4)15-22(30)27-24-26-21(18-9-6-5-7-10-18)14-29(24)20-12-8-11-19(25)13-20/h5-14,16-17H,15H2,1-4H3,(H,26,27,30). The van der Waals surface area contributed by atoms with Gasteiger partial charge in [0.15, 0.2) is 0 Å². The first kappa shape index (κ1) is 22.6. The topological polar surface area (TPSA) is 67.2 Å². The molecule has 162 valence electrons. The Morgan fingerprint density at radius 1 is 1.06 bits per heavy atom. The first-order valence-electron chi connectivity index (χ1n) is 10.3. The van der Waals surface area contributed by atoms with Crippen molar-refractivity contribution >= 4 is 29.4 Å². The molecule has 6 nitrogen and oxygen atoms in total. The third kappa shape index (κ3) is 5.52. The van der Waals surface area contributed by atoms with Gasteiger partial charge in [-0.15, -0.1) is 0 Å². The molecular formula is C24H27ClN4O2. The zero-order valence-corrected chi connectivity index (χ0v) is 18.9. The van der Waals surface area contributed by atoms with Gasteiger partial charge in [0.1, 0.15) is 6.54 Å². The van der Waals surface area contributed by atoms with Crippen LogP contribution < -0.4 is 5.32 Å². The molecule has 0 atom stereocenters. The molecule has 0 aliphatic carbocycles. The number of hydrogen-bond donors (Lipinski definition) is 1. The zero-order valence-electron chi connectivity index (χ0n) is 18.2. The summed E-state index contributed by atoms with van der Waals surface area (Å²) in [6, 6.07) is 16.9. The van der Waals surface area contributed by atoms with Gasteiger partial charge < -0.3 is 4.90 Å². The predicted octanol–water partition coefficient (Wildman–Crippen LogP) is 5.02. The lowest BCUT2D eigenvalue weighted by atomic mass is 10.1. The highest BCUT2D eigenvalue weighted by molar-refractivity contribution is 6.30. The Morgan fingerprint density at radius 2 is 1.77 bits per heavy atom. The molecule has 1 aromatic heterocycles. The third-order valence-electron chi connectivity index (χ3n) is 4.83. The van der Waals surface area contributed by atoms with Gasteiger partial charge in [0.25, 0.3) is 0 Å². The number of rotatable bonds is 7. The molecule has 1 heterocycles. The Morgan fingerprint density at radius 3 is 2.39 bits per heavy atom. The highest BCUT2D eigenvalue weighted by Crippen LogP contribution is 2.25. The first-order chi connectivity index (χ1) is 14.8. The SMILES string of the molecule is CC(C)C(=O)N(CC(=O)Nc1nc(-c2ccccc2)cn1-c1cccc(Cl)c1)C(C)C. The summed E-state index contributed by atoms with van der Waals surface area (Å²) in [5.41, 5.74) is 2.42. The van der Waals surface area contributed by atoms with Gasteiger partial charge in [0.05, 0.1) is 5.69 Å². The van der Waals surface area contributed by atoms with Crippen LogP contribution in [0, 0.1) is 5.92 Å². The molecule has 0 aliphatic heterocycles. The second-order valence-corrected chi connectivity index (χ2v) is 8.36. The van der Waals surface area contributed by atoms with Crippen LogP contribution in [0.2, 0.25) is 5.02 Å². The van der Waals surface area contributed by atoms with Crippen molar-refractivity contribution in [1.82, 2.24) is 14.5 Å². The zero-order chi connectivity index (χ0) is 22.5. The van der Waals surface area contributed by atoms with E-state index >= 15 is 0 Å². The number of nitrogens with zero attached hydrogens (tertiary/aromatic N) is 3. The number of halogens is 1. The van der Waals surface area contributed by atoms with Crippen molar-refractivity contribution in [2.75, 3.05) is 11.9 Å². The van der Waals surface area contributed by atoms with Gasteiger partial charge >= 0.3 is 0 Å². The fourth-order valence-corrected chi connectivity index (χ4v) is 3.39. The lowest BCUT2D eigenvalue weighted by Gasteiger charge is -2.27. The molecule has 2 aromatic carbocycles. The molecule has 0 radical (unpaired) electrons. The van der Waals surface area contributed by atoms with Gasteiger partial charge in [-0.2, -0.15) is 0 Å². The van der Waals surface area contributed by atoms with Gasteiger partial charge in [-0.3, -0.25) is 19.5 Å². The van der Waals surface area contributed by atoms with E-state index in [4.69, 9.17) is 11.6 Å². The molecule has 0 spiro atoms. The highest BCUT2D eigenvalue weighted by atomic mass is 35.5. The van der Waals surface area contributed by atoms with Crippen molar-refractivity contribution in [2.24, 2.45) is 5.92 Å². The molecule has 3 aromatic rings. The van der Waals surface area contributed by atoms with E-state index in [1.165, 1.54) is 0 Å². The summed E-state index contributed by atoms with van der Waals surface area (Å²) in [4.78, 5) is 31.6. The second-order valence-electron chi connectivity index (χ2n) is 7.93. The summed E-state index contributed by atoms with van der Waals surface area (Å²) in [6.07, 6.45) is 1.86. The van der Waals surface area contributed by atoms with Crippen molar-refractivity contribution < 1.29 is 9.59 Å². The van der Waals surface area contributed by atoms with E-state index < -0.39 is 0 Å². The number of hydrogen-bond acceptors (Lipinski definition) is 3. The van der Waals surface area contributed by atoms with Crippen LogP contribution in [0.3, 0.4) is 0 Å². The Bertz CT molecular complexity index is 1060. The minimum absolute atomic E-state index is 0.0439. The van der Waals surface area contributed by atoms with Crippen LogP contribution in [0.1, 0.15) is 27.7 Å². The molecule has 0 bridgehead atoms. The molecule has 2 amide bonds. The largest absolute Gasteiger partial charge is 0.331 e. The summed E-state index contributed by atoms with van der Waals surface area (Å²) in [5, 5.41) is 3.46. The average Bonchev–Trinajstić information content (AvgIpc) is 3.15. The van der Waals surface area contributed by atoms with Crippen LogP contribution in [0.5, 0.6) is 0 Å². The average molecular weight is 439 g/mol. The fraction of sp³-hybridized carbons (Fsp3) is 0.292. The summed E-state index contributed by atoms with van der Waals surface area (Å²) in [7, 11) is 0. The third-order valence-corrected chi connectivity index (χ3v) is 5.06. The molecule has 1 N–H and O–H groups in total. The summed E-state index contributed by atoms with van der Waals surface area (Å²) in [5.74, 6) is -0.190. The lowest BCUT2D eigenvalue weighted by Crippen LogP contribution is -2.44. The number of nitrogens with one attached hydrogen (secondary N) is 1. The Labute approximate surface area is 187 Å². The molecule has 0 fully saturated rings. The Balaban J connectivity index is 1.93. The number of aromatic nitrogens is 2.